The van der Waals surface area contributed by atoms with Gasteiger partial charge in [0.05, 0.1) is 11.8 Å². The molecule has 0 atom stereocenters. The van der Waals surface area contributed by atoms with E-state index in [0.29, 0.717) is 18.0 Å². The van der Waals surface area contributed by atoms with Crippen molar-refractivity contribution in [3.63, 3.8) is 0 Å². The minimum Gasteiger partial charge on any atom is -0.443 e. The lowest BCUT2D eigenvalue weighted by Crippen LogP contribution is -2.23. The third-order valence-electron chi connectivity index (χ3n) is 2.97. The Morgan fingerprint density at radius 2 is 1.95 bits per heavy atom. The summed E-state index contributed by atoms with van der Waals surface area (Å²) in [7, 11) is 0. The maximum absolute atomic E-state index is 12.8. The van der Waals surface area contributed by atoms with E-state index in [2.05, 4.69) is 4.98 Å². The summed E-state index contributed by atoms with van der Waals surface area (Å²) in [6, 6.07) is 0.608. The lowest BCUT2D eigenvalue weighted by Gasteiger charge is -2.13. The quantitative estimate of drug-likeness (QED) is 0.838. The topological polar surface area (TPSA) is 48.0 Å². The number of aromatic nitrogens is 2. The SMILES string of the molecule is CC(C)(C)c1cnc(Cn2cc(C(F)(F)F)cc(Cl)c2=O)o1. The molecule has 4 nitrogen and oxygen atoms in total. The molecular weight excluding hydrogens is 321 g/mol. The van der Waals surface area contributed by atoms with Crippen LogP contribution in [0.4, 0.5) is 13.2 Å². The third kappa shape index (κ3) is 3.52. The zero-order chi connectivity index (χ0) is 16.7. The van der Waals surface area contributed by atoms with E-state index in [4.69, 9.17) is 16.0 Å². The maximum Gasteiger partial charge on any atom is 0.417 e. The van der Waals surface area contributed by atoms with Gasteiger partial charge in [-0.15, -0.1) is 0 Å². The average molecular weight is 335 g/mol. The predicted octanol–water partition coefficient (Wildman–Crippen LogP) is 3.85. The standard InChI is InChI=1S/C14H14ClF3N2O2/c1-13(2,3)10-5-19-11(22-10)7-20-6-8(14(16,17)18)4-9(15)12(20)21/h4-6H,7H2,1-3H3. The Balaban J connectivity index is 2.39. The molecule has 8 heteroatoms. The third-order valence-corrected chi connectivity index (χ3v) is 3.24. The van der Waals surface area contributed by atoms with Crippen LogP contribution in [0.25, 0.3) is 0 Å². The lowest BCUT2D eigenvalue weighted by molar-refractivity contribution is -0.138. The number of rotatable bonds is 2. The van der Waals surface area contributed by atoms with Gasteiger partial charge in [-0.1, -0.05) is 32.4 Å². The van der Waals surface area contributed by atoms with Crippen LogP contribution in [0.1, 0.15) is 38.0 Å². The summed E-state index contributed by atoms with van der Waals surface area (Å²) in [6.45, 7) is 5.50. The van der Waals surface area contributed by atoms with Crippen LogP contribution >= 0.6 is 11.6 Å². The monoisotopic (exact) mass is 334 g/mol. The molecule has 120 valence electrons. The summed E-state index contributed by atoms with van der Waals surface area (Å²) in [4.78, 5) is 15.8. The predicted molar refractivity (Wildman–Crippen MR) is 75.0 cm³/mol. The van der Waals surface area contributed by atoms with Crippen LogP contribution in [0.5, 0.6) is 0 Å². The first-order chi connectivity index (χ1) is 9.98. The molecule has 0 aliphatic carbocycles. The van der Waals surface area contributed by atoms with Gasteiger partial charge in [-0.05, 0) is 6.07 Å². The number of alkyl halides is 3. The van der Waals surface area contributed by atoms with Crippen molar-refractivity contribution >= 4 is 11.6 Å². The van der Waals surface area contributed by atoms with Crippen molar-refractivity contribution in [2.75, 3.05) is 0 Å². The largest absolute Gasteiger partial charge is 0.443 e. The van der Waals surface area contributed by atoms with E-state index in [9.17, 15) is 18.0 Å². The lowest BCUT2D eigenvalue weighted by atomic mass is 9.94. The summed E-state index contributed by atoms with van der Waals surface area (Å²) < 4.78 is 44.6. The van der Waals surface area contributed by atoms with Gasteiger partial charge in [-0.3, -0.25) is 4.79 Å². The van der Waals surface area contributed by atoms with E-state index >= 15 is 0 Å². The van der Waals surface area contributed by atoms with Gasteiger partial charge in [0, 0.05) is 11.6 Å². The molecule has 0 saturated carbocycles. The first-order valence-corrected chi connectivity index (χ1v) is 6.78. The highest BCUT2D eigenvalue weighted by atomic mass is 35.5. The Morgan fingerprint density at radius 3 is 2.45 bits per heavy atom. The van der Waals surface area contributed by atoms with E-state index in [0.717, 1.165) is 4.57 Å². The molecule has 0 unspecified atom stereocenters. The first-order valence-electron chi connectivity index (χ1n) is 6.41. The highest BCUT2D eigenvalue weighted by Gasteiger charge is 2.32. The molecule has 0 bridgehead atoms. The summed E-state index contributed by atoms with van der Waals surface area (Å²) >= 11 is 5.58. The molecule has 0 saturated heterocycles. The fourth-order valence-corrected chi connectivity index (χ4v) is 1.97. The van der Waals surface area contributed by atoms with Gasteiger partial charge in [0.1, 0.15) is 17.3 Å². The molecule has 2 rings (SSSR count). The summed E-state index contributed by atoms with van der Waals surface area (Å²) in [5.74, 6) is 0.719. The van der Waals surface area contributed by atoms with Gasteiger partial charge >= 0.3 is 6.18 Å². The number of halogens is 4. The molecule has 0 radical (unpaired) electrons. The Morgan fingerprint density at radius 1 is 1.32 bits per heavy atom. The van der Waals surface area contributed by atoms with Gasteiger partial charge < -0.3 is 8.98 Å². The molecule has 0 aromatic carbocycles. The molecule has 0 aliphatic rings. The zero-order valence-electron chi connectivity index (χ0n) is 12.2. The van der Waals surface area contributed by atoms with Crippen molar-refractivity contribution in [1.29, 1.82) is 0 Å². The molecule has 0 fully saturated rings. The highest BCUT2D eigenvalue weighted by molar-refractivity contribution is 6.30. The van der Waals surface area contributed by atoms with Crippen molar-refractivity contribution < 1.29 is 17.6 Å². The first kappa shape index (κ1) is 16.6. The second-order valence-corrected chi connectivity index (χ2v) is 6.28. The Labute approximate surface area is 129 Å². The Kier molecular flexibility index (Phi) is 4.12. The highest BCUT2D eigenvalue weighted by Crippen LogP contribution is 2.30. The number of oxazole rings is 1. The summed E-state index contributed by atoms with van der Waals surface area (Å²) in [5, 5.41) is -0.502. The zero-order valence-corrected chi connectivity index (χ0v) is 12.9. The van der Waals surface area contributed by atoms with Crippen molar-refractivity contribution in [2.45, 2.75) is 38.9 Å². The van der Waals surface area contributed by atoms with Gasteiger partial charge in [0.15, 0.2) is 0 Å². The molecule has 2 aromatic heterocycles. The fourth-order valence-electron chi connectivity index (χ4n) is 1.75. The molecule has 0 N–H and O–H groups in total. The number of pyridine rings is 1. The molecule has 0 amide bonds. The van der Waals surface area contributed by atoms with E-state index in [1.54, 1.807) is 0 Å². The summed E-state index contributed by atoms with van der Waals surface area (Å²) in [5.41, 5.74) is -2.02. The number of hydrogen-bond acceptors (Lipinski definition) is 3. The van der Waals surface area contributed by atoms with E-state index < -0.39 is 22.3 Å². The van der Waals surface area contributed by atoms with Crippen LogP contribution in [-0.4, -0.2) is 9.55 Å². The number of hydrogen-bond donors (Lipinski definition) is 0. The van der Waals surface area contributed by atoms with Crippen LogP contribution in [0, 0.1) is 0 Å². The minimum absolute atomic E-state index is 0.141. The molecule has 22 heavy (non-hydrogen) atoms. The van der Waals surface area contributed by atoms with Gasteiger partial charge in [-0.2, -0.15) is 13.2 Å². The van der Waals surface area contributed by atoms with Gasteiger partial charge in [0.25, 0.3) is 5.56 Å². The minimum atomic E-state index is -4.59. The van der Waals surface area contributed by atoms with E-state index in [1.165, 1.54) is 6.20 Å². The normalized spacial score (nSPS) is 12.7. The van der Waals surface area contributed by atoms with Crippen LogP contribution < -0.4 is 5.56 Å². The Bertz CT molecular complexity index is 742. The fraction of sp³-hybridized carbons (Fsp3) is 0.429. The smallest absolute Gasteiger partial charge is 0.417 e. The van der Waals surface area contributed by atoms with Crippen molar-refractivity contribution in [3.05, 3.63) is 51.1 Å². The Hall–Kier alpha value is -1.76. The van der Waals surface area contributed by atoms with Crippen molar-refractivity contribution in [2.24, 2.45) is 0 Å². The maximum atomic E-state index is 12.8. The van der Waals surface area contributed by atoms with Crippen LogP contribution in [0.15, 0.2) is 27.7 Å². The van der Waals surface area contributed by atoms with Crippen LogP contribution in [-0.2, 0) is 18.1 Å². The van der Waals surface area contributed by atoms with Crippen molar-refractivity contribution in [3.8, 4) is 0 Å². The van der Waals surface area contributed by atoms with Crippen molar-refractivity contribution in [1.82, 2.24) is 9.55 Å². The molecular formula is C14H14ClF3N2O2. The molecule has 2 heterocycles. The molecule has 0 aliphatic heterocycles. The second kappa shape index (κ2) is 5.46. The van der Waals surface area contributed by atoms with E-state index in [-0.39, 0.29) is 17.9 Å². The number of nitrogens with zero attached hydrogens (tertiary/aromatic N) is 2. The van der Waals surface area contributed by atoms with Crippen LogP contribution in [0.2, 0.25) is 5.02 Å². The van der Waals surface area contributed by atoms with Crippen LogP contribution in [0.3, 0.4) is 0 Å². The van der Waals surface area contributed by atoms with E-state index in [1.807, 2.05) is 20.8 Å². The molecule has 0 spiro atoms. The second-order valence-electron chi connectivity index (χ2n) is 5.88. The average Bonchev–Trinajstić information content (AvgIpc) is 2.81. The van der Waals surface area contributed by atoms with Gasteiger partial charge in [-0.25, -0.2) is 4.98 Å². The summed E-state index contributed by atoms with van der Waals surface area (Å²) in [6.07, 6.45) is -2.39. The molecule has 2 aromatic rings. The van der Waals surface area contributed by atoms with Gasteiger partial charge in [0.2, 0.25) is 5.89 Å².